The molecule has 0 radical (unpaired) electrons. The molecule has 4 heteroatoms. The summed E-state index contributed by atoms with van der Waals surface area (Å²) in [6.45, 7) is 0.621. The van der Waals surface area contributed by atoms with E-state index < -0.39 is 0 Å². The van der Waals surface area contributed by atoms with Gasteiger partial charge in [-0.2, -0.15) is 0 Å². The average molecular weight is 264 g/mol. The molecule has 1 fully saturated rings. The minimum absolute atomic E-state index is 0.00300. The van der Waals surface area contributed by atoms with Crippen molar-refractivity contribution in [1.29, 1.82) is 0 Å². The third-order valence-corrected chi connectivity index (χ3v) is 3.53. The van der Waals surface area contributed by atoms with Crippen molar-refractivity contribution in [3.8, 4) is 0 Å². The van der Waals surface area contributed by atoms with Gasteiger partial charge in [-0.15, -0.1) is 0 Å². The van der Waals surface area contributed by atoms with Crippen LogP contribution in [0.25, 0.3) is 0 Å². The first-order chi connectivity index (χ1) is 9.25. The molecule has 1 aromatic rings. The van der Waals surface area contributed by atoms with Crippen molar-refractivity contribution >= 4 is 5.91 Å². The van der Waals surface area contributed by atoms with Gasteiger partial charge in [-0.1, -0.05) is 37.5 Å². The number of nitrogens with one attached hydrogen (secondary N) is 2. The number of benzene rings is 1. The standard InChI is InChI=1S/C15H21FN2O/c16-14-9-5-4-6-12(14)10-17-11-15(19)18-13-7-2-1-3-8-13/h4-6,9,13,17H,1-3,7-8,10-11H2,(H,18,19). The number of hydrogen-bond acceptors (Lipinski definition) is 2. The Hall–Kier alpha value is -1.42. The molecule has 0 heterocycles. The first-order valence-electron chi connectivity index (χ1n) is 6.99. The Morgan fingerprint density at radius 3 is 2.68 bits per heavy atom. The van der Waals surface area contributed by atoms with Crippen LogP contribution in [0.2, 0.25) is 0 Å². The molecule has 0 aliphatic heterocycles. The van der Waals surface area contributed by atoms with Crippen molar-refractivity contribution in [1.82, 2.24) is 10.6 Å². The van der Waals surface area contributed by atoms with Crippen LogP contribution in [0.15, 0.2) is 24.3 Å². The van der Waals surface area contributed by atoms with Crippen molar-refractivity contribution in [2.24, 2.45) is 0 Å². The molecule has 2 rings (SSSR count). The normalized spacial score (nSPS) is 16.3. The van der Waals surface area contributed by atoms with Gasteiger partial charge in [0.05, 0.1) is 6.54 Å². The summed E-state index contributed by atoms with van der Waals surface area (Å²) in [5.74, 6) is -0.231. The van der Waals surface area contributed by atoms with E-state index in [9.17, 15) is 9.18 Å². The zero-order chi connectivity index (χ0) is 13.5. The van der Waals surface area contributed by atoms with Crippen molar-refractivity contribution in [2.75, 3.05) is 6.54 Å². The molecular weight excluding hydrogens is 243 g/mol. The van der Waals surface area contributed by atoms with E-state index in [4.69, 9.17) is 0 Å². The minimum atomic E-state index is -0.234. The molecule has 1 aliphatic carbocycles. The molecule has 1 aromatic carbocycles. The zero-order valence-corrected chi connectivity index (χ0v) is 11.1. The molecule has 1 amide bonds. The smallest absolute Gasteiger partial charge is 0.234 e. The van der Waals surface area contributed by atoms with E-state index in [0.717, 1.165) is 12.8 Å². The van der Waals surface area contributed by atoms with Crippen molar-refractivity contribution < 1.29 is 9.18 Å². The summed E-state index contributed by atoms with van der Waals surface area (Å²) >= 11 is 0. The fraction of sp³-hybridized carbons (Fsp3) is 0.533. The van der Waals surface area contributed by atoms with Gasteiger partial charge in [0, 0.05) is 18.2 Å². The van der Waals surface area contributed by atoms with Crippen LogP contribution in [0.3, 0.4) is 0 Å². The second-order valence-corrected chi connectivity index (χ2v) is 5.10. The predicted octanol–water partition coefficient (Wildman–Crippen LogP) is 2.36. The zero-order valence-electron chi connectivity index (χ0n) is 11.1. The summed E-state index contributed by atoms with van der Waals surface area (Å²) in [6.07, 6.45) is 5.84. The lowest BCUT2D eigenvalue weighted by Crippen LogP contribution is -2.41. The van der Waals surface area contributed by atoms with Crippen LogP contribution in [0.5, 0.6) is 0 Å². The summed E-state index contributed by atoms with van der Waals surface area (Å²) in [6, 6.07) is 6.94. The fourth-order valence-electron chi connectivity index (χ4n) is 2.48. The van der Waals surface area contributed by atoms with E-state index in [1.165, 1.54) is 25.3 Å². The maximum Gasteiger partial charge on any atom is 0.234 e. The highest BCUT2D eigenvalue weighted by atomic mass is 19.1. The Morgan fingerprint density at radius 1 is 1.21 bits per heavy atom. The van der Waals surface area contributed by atoms with E-state index >= 15 is 0 Å². The van der Waals surface area contributed by atoms with Crippen LogP contribution in [-0.4, -0.2) is 18.5 Å². The van der Waals surface area contributed by atoms with Crippen molar-refractivity contribution in [3.05, 3.63) is 35.6 Å². The molecule has 0 bridgehead atoms. The maximum atomic E-state index is 13.3. The molecule has 0 spiro atoms. The molecule has 3 nitrogen and oxygen atoms in total. The minimum Gasteiger partial charge on any atom is -0.352 e. The SMILES string of the molecule is O=C(CNCc1ccccc1F)NC1CCCCC1. The van der Waals surface area contributed by atoms with Gasteiger partial charge in [-0.05, 0) is 18.9 Å². The van der Waals surface area contributed by atoms with Gasteiger partial charge in [0.15, 0.2) is 0 Å². The van der Waals surface area contributed by atoms with Crippen LogP contribution in [-0.2, 0) is 11.3 Å². The Kier molecular flexibility index (Phi) is 5.33. The van der Waals surface area contributed by atoms with Crippen LogP contribution in [0.1, 0.15) is 37.7 Å². The average Bonchev–Trinajstić information content (AvgIpc) is 2.42. The number of halogens is 1. The predicted molar refractivity (Wildman–Crippen MR) is 73.1 cm³/mol. The number of amides is 1. The van der Waals surface area contributed by atoms with Crippen LogP contribution in [0, 0.1) is 5.82 Å². The monoisotopic (exact) mass is 264 g/mol. The number of carbonyl (C=O) groups is 1. The van der Waals surface area contributed by atoms with Gasteiger partial charge >= 0.3 is 0 Å². The van der Waals surface area contributed by atoms with E-state index in [2.05, 4.69) is 10.6 Å². The topological polar surface area (TPSA) is 41.1 Å². The highest BCUT2D eigenvalue weighted by Crippen LogP contribution is 2.17. The number of carbonyl (C=O) groups excluding carboxylic acids is 1. The lowest BCUT2D eigenvalue weighted by Gasteiger charge is -2.22. The maximum absolute atomic E-state index is 13.3. The molecule has 2 N–H and O–H groups in total. The summed E-state index contributed by atoms with van der Waals surface area (Å²) < 4.78 is 13.3. The first kappa shape index (κ1) is 14.0. The van der Waals surface area contributed by atoms with Gasteiger partial charge in [-0.25, -0.2) is 4.39 Å². The van der Waals surface area contributed by atoms with Gasteiger partial charge in [-0.3, -0.25) is 4.79 Å². The van der Waals surface area contributed by atoms with E-state index in [1.54, 1.807) is 18.2 Å². The van der Waals surface area contributed by atoms with Crippen LogP contribution >= 0.6 is 0 Å². The third-order valence-electron chi connectivity index (χ3n) is 3.53. The largest absolute Gasteiger partial charge is 0.352 e. The Balaban J connectivity index is 1.67. The van der Waals surface area contributed by atoms with E-state index in [-0.39, 0.29) is 18.3 Å². The lowest BCUT2D eigenvalue weighted by atomic mass is 9.95. The molecule has 0 aromatic heterocycles. The Labute approximate surface area is 113 Å². The number of hydrogen-bond donors (Lipinski definition) is 2. The second kappa shape index (κ2) is 7.24. The highest BCUT2D eigenvalue weighted by molar-refractivity contribution is 5.78. The van der Waals surface area contributed by atoms with Crippen LogP contribution in [0.4, 0.5) is 4.39 Å². The summed E-state index contributed by atoms with van der Waals surface area (Å²) in [4.78, 5) is 11.7. The lowest BCUT2D eigenvalue weighted by molar-refractivity contribution is -0.121. The van der Waals surface area contributed by atoms with Crippen molar-refractivity contribution in [2.45, 2.75) is 44.7 Å². The summed E-state index contributed by atoms with van der Waals surface area (Å²) in [5, 5.41) is 6.00. The van der Waals surface area contributed by atoms with Gasteiger partial charge in [0.25, 0.3) is 0 Å². The van der Waals surface area contributed by atoms with E-state index in [1.807, 2.05) is 0 Å². The van der Waals surface area contributed by atoms with E-state index in [0.29, 0.717) is 18.2 Å². The summed E-state index contributed by atoms with van der Waals surface area (Å²) in [5.41, 5.74) is 0.591. The van der Waals surface area contributed by atoms with Crippen LogP contribution < -0.4 is 10.6 Å². The van der Waals surface area contributed by atoms with Crippen molar-refractivity contribution in [3.63, 3.8) is 0 Å². The highest BCUT2D eigenvalue weighted by Gasteiger charge is 2.15. The Morgan fingerprint density at radius 2 is 1.95 bits per heavy atom. The number of rotatable bonds is 5. The quantitative estimate of drug-likeness (QED) is 0.857. The van der Waals surface area contributed by atoms with Gasteiger partial charge in [0.1, 0.15) is 5.82 Å². The molecule has 19 heavy (non-hydrogen) atoms. The third kappa shape index (κ3) is 4.63. The fourth-order valence-corrected chi connectivity index (χ4v) is 2.48. The van der Waals surface area contributed by atoms with Gasteiger partial charge in [0.2, 0.25) is 5.91 Å². The Bertz CT molecular complexity index is 416. The second-order valence-electron chi connectivity index (χ2n) is 5.10. The molecule has 1 saturated carbocycles. The molecule has 104 valence electrons. The van der Waals surface area contributed by atoms with Gasteiger partial charge < -0.3 is 10.6 Å². The molecular formula is C15H21FN2O. The summed E-state index contributed by atoms with van der Waals surface area (Å²) in [7, 11) is 0. The molecule has 0 atom stereocenters. The molecule has 1 aliphatic rings. The molecule has 0 unspecified atom stereocenters. The first-order valence-corrected chi connectivity index (χ1v) is 6.99. The molecule has 0 saturated heterocycles.